The molecule has 1 nitrogen and oxygen atoms in total. The summed E-state index contributed by atoms with van der Waals surface area (Å²) in [5, 5.41) is 0. The van der Waals surface area contributed by atoms with Crippen LogP contribution in [0.4, 0.5) is 0 Å². The van der Waals surface area contributed by atoms with Gasteiger partial charge >= 0.3 is 0 Å². The van der Waals surface area contributed by atoms with E-state index in [1.807, 2.05) is 0 Å². The molecule has 2 fully saturated rings. The molecule has 1 heteroatoms. The fourth-order valence-electron chi connectivity index (χ4n) is 5.95. The van der Waals surface area contributed by atoms with E-state index in [-0.39, 0.29) is 0 Å². The Kier molecular flexibility index (Phi) is 3.10. The lowest BCUT2D eigenvalue weighted by molar-refractivity contribution is 0.0336. The minimum absolute atomic E-state index is 0.630. The Balaban J connectivity index is 1.68. The topological polar surface area (TPSA) is 9.23 Å². The van der Waals surface area contributed by atoms with E-state index in [0.29, 0.717) is 5.41 Å². The molecule has 0 amide bonds. The molecule has 21 heavy (non-hydrogen) atoms. The third kappa shape index (κ3) is 1.89. The van der Waals surface area contributed by atoms with Gasteiger partial charge in [-0.3, -0.25) is 0 Å². The maximum Gasteiger partial charge on any atom is 0.119 e. The predicted octanol–water partition coefficient (Wildman–Crippen LogP) is 5.19. The van der Waals surface area contributed by atoms with Gasteiger partial charge in [-0.25, -0.2) is 0 Å². The molecule has 114 valence electrons. The largest absolute Gasteiger partial charge is 0.497 e. The van der Waals surface area contributed by atoms with E-state index in [2.05, 4.69) is 32.0 Å². The van der Waals surface area contributed by atoms with Gasteiger partial charge in [0.2, 0.25) is 0 Å². The van der Waals surface area contributed by atoms with Crippen molar-refractivity contribution in [1.82, 2.24) is 0 Å². The summed E-state index contributed by atoms with van der Waals surface area (Å²) in [6.07, 6.45) is 8.43. The Morgan fingerprint density at radius 1 is 1.14 bits per heavy atom. The van der Waals surface area contributed by atoms with Gasteiger partial charge in [0.05, 0.1) is 7.11 Å². The summed E-state index contributed by atoms with van der Waals surface area (Å²) in [7, 11) is 1.78. The molecule has 0 saturated heterocycles. The highest BCUT2D eigenvalue weighted by molar-refractivity contribution is 5.40. The van der Waals surface area contributed by atoms with Crippen LogP contribution in [0.15, 0.2) is 18.2 Å². The Morgan fingerprint density at radius 2 is 2.00 bits per heavy atom. The molecule has 2 saturated carbocycles. The van der Waals surface area contributed by atoms with Gasteiger partial charge in [-0.2, -0.15) is 0 Å². The lowest BCUT2D eigenvalue weighted by Crippen LogP contribution is -2.41. The summed E-state index contributed by atoms with van der Waals surface area (Å²) >= 11 is 0. The number of hydrogen-bond donors (Lipinski definition) is 0. The van der Waals surface area contributed by atoms with Crippen LogP contribution in [-0.2, 0) is 6.42 Å². The van der Waals surface area contributed by atoms with Gasteiger partial charge in [0.1, 0.15) is 5.75 Å². The molecular weight excluding hydrogens is 256 g/mol. The monoisotopic (exact) mass is 284 g/mol. The van der Waals surface area contributed by atoms with Crippen molar-refractivity contribution in [2.75, 3.05) is 7.11 Å². The van der Waals surface area contributed by atoms with E-state index in [9.17, 15) is 0 Å². The van der Waals surface area contributed by atoms with Crippen LogP contribution >= 0.6 is 0 Å². The first-order chi connectivity index (χ1) is 10.1. The van der Waals surface area contributed by atoms with Gasteiger partial charge in [-0.1, -0.05) is 19.9 Å². The number of methoxy groups -OCH3 is 1. The normalized spacial score (nSPS) is 41.1. The highest BCUT2D eigenvalue weighted by Gasteiger charge is 2.53. The highest BCUT2D eigenvalue weighted by atomic mass is 16.5. The molecule has 0 aromatic heterocycles. The van der Waals surface area contributed by atoms with Crippen LogP contribution in [0.25, 0.3) is 0 Å². The lowest BCUT2D eigenvalue weighted by atomic mass is 9.54. The first-order valence-electron chi connectivity index (χ1n) is 8.80. The molecular formula is C20H28O. The molecule has 0 spiro atoms. The molecule has 0 heterocycles. The molecule has 0 N–H and O–H groups in total. The molecule has 3 aliphatic carbocycles. The summed E-state index contributed by atoms with van der Waals surface area (Å²) in [6.45, 7) is 5.09. The van der Waals surface area contributed by atoms with E-state index < -0.39 is 0 Å². The van der Waals surface area contributed by atoms with Crippen molar-refractivity contribution >= 4 is 0 Å². The van der Waals surface area contributed by atoms with Crippen molar-refractivity contribution in [3.63, 3.8) is 0 Å². The van der Waals surface area contributed by atoms with E-state index in [1.54, 1.807) is 18.2 Å². The summed E-state index contributed by atoms with van der Waals surface area (Å²) in [5.74, 6) is 4.70. The van der Waals surface area contributed by atoms with Crippen LogP contribution in [0.2, 0.25) is 0 Å². The number of ether oxygens (including phenoxy) is 1. The van der Waals surface area contributed by atoms with Crippen LogP contribution in [0.5, 0.6) is 5.75 Å². The third-order valence-electron chi connectivity index (χ3n) is 7.41. The molecule has 0 bridgehead atoms. The molecule has 1 aromatic rings. The Bertz CT molecular complexity index is 549. The van der Waals surface area contributed by atoms with Crippen LogP contribution in [-0.4, -0.2) is 7.11 Å². The van der Waals surface area contributed by atoms with E-state index in [1.165, 1.54) is 38.5 Å². The minimum atomic E-state index is 0.630. The fourth-order valence-corrected chi connectivity index (χ4v) is 5.95. The second-order valence-corrected chi connectivity index (χ2v) is 8.00. The average molecular weight is 284 g/mol. The number of aryl methyl sites for hydroxylation is 1. The van der Waals surface area contributed by atoms with Crippen LogP contribution in [0.1, 0.15) is 63.0 Å². The molecule has 5 atom stereocenters. The average Bonchev–Trinajstić information content (AvgIpc) is 2.82. The molecule has 4 rings (SSSR count). The summed E-state index contributed by atoms with van der Waals surface area (Å²) in [6, 6.07) is 6.83. The van der Waals surface area contributed by atoms with Gasteiger partial charge < -0.3 is 4.74 Å². The quantitative estimate of drug-likeness (QED) is 0.690. The molecule has 0 aliphatic heterocycles. The highest BCUT2D eigenvalue weighted by Crippen LogP contribution is 2.62. The zero-order valence-electron chi connectivity index (χ0n) is 13.7. The Labute approximate surface area is 129 Å². The lowest BCUT2D eigenvalue weighted by Gasteiger charge is -2.50. The standard InChI is InChI=1S/C20H28O/c1-13-4-9-19-18-7-5-14-12-15(21-3)6-8-16(14)17(18)10-11-20(13,19)2/h6,8,12-13,17-19H,4-5,7,9-11H2,1-3H3/t13?,17?,18?,19?,20-/m1/s1. The summed E-state index contributed by atoms with van der Waals surface area (Å²) in [4.78, 5) is 0. The van der Waals surface area contributed by atoms with E-state index in [0.717, 1.165) is 29.4 Å². The van der Waals surface area contributed by atoms with Crippen molar-refractivity contribution in [1.29, 1.82) is 0 Å². The second-order valence-electron chi connectivity index (χ2n) is 8.00. The smallest absolute Gasteiger partial charge is 0.119 e. The third-order valence-corrected chi connectivity index (χ3v) is 7.41. The van der Waals surface area contributed by atoms with Crippen molar-refractivity contribution in [2.45, 2.75) is 58.3 Å². The summed E-state index contributed by atoms with van der Waals surface area (Å²) < 4.78 is 5.42. The van der Waals surface area contributed by atoms with E-state index in [4.69, 9.17) is 4.74 Å². The number of hydrogen-bond acceptors (Lipinski definition) is 1. The number of fused-ring (bicyclic) bond motifs is 5. The number of benzene rings is 1. The molecule has 1 aromatic carbocycles. The van der Waals surface area contributed by atoms with Crippen molar-refractivity contribution in [3.8, 4) is 5.75 Å². The molecule has 0 radical (unpaired) electrons. The van der Waals surface area contributed by atoms with E-state index >= 15 is 0 Å². The Hall–Kier alpha value is -0.980. The van der Waals surface area contributed by atoms with Crippen LogP contribution < -0.4 is 4.74 Å². The molecule has 4 unspecified atom stereocenters. The maximum absolute atomic E-state index is 5.42. The van der Waals surface area contributed by atoms with Crippen LogP contribution in [0.3, 0.4) is 0 Å². The second kappa shape index (κ2) is 4.76. The van der Waals surface area contributed by atoms with Crippen molar-refractivity contribution in [2.24, 2.45) is 23.2 Å². The van der Waals surface area contributed by atoms with Crippen LogP contribution in [0, 0.1) is 23.2 Å². The van der Waals surface area contributed by atoms with Gasteiger partial charge in [0, 0.05) is 0 Å². The zero-order valence-corrected chi connectivity index (χ0v) is 13.7. The first kappa shape index (κ1) is 13.7. The first-order valence-corrected chi connectivity index (χ1v) is 8.80. The molecule has 3 aliphatic rings. The SMILES string of the molecule is COc1ccc2c(c1)CCC1C2CC[C@]2(C)C(C)CCC12. The van der Waals surface area contributed by atoms with Gasteiger partial charge in [-0.15, -0.1) is 0 Å². The van der Waals surface area contributed by atoms with Crippen molar-refractivity contribution < 1.29 is 4.74 Å². The Morgan fingerprint density at radius 3 is 2.81 bits per heavy atom. The minimum Gasteiger partial charge on any atom is -0.497 e. The zero-order chi connectivity index (χ0) is 14.6. The van der Waals surface area contributed by atoms with Gasteiger partial charge in [-0.05, 0) is 90.9 Å². The maximum atomic E-state index is 5.42. The number of rotatable bonds is 1. The van der Waals surface area contributed by atoms with Gasteiger partial charge in [0.15, 0.2) is 0 Å². The fraction of sp³-hybridized carbons (Fsp3) is 0.700. The predicted molar refractivity (Wildman–Crippen MR) is 86.8 cm³/mol. The van der Waals surface area contributed by atoms with Crippen molar-refractivity contribution in [3.05, 3.63) is 29.3 Å². The van der Waals surface area contributed by atoms with Gasteiger partial charge in [0.25, 0.3) is 0 Å². The summed E-state index contributed by atoms with van der Waals surface area (Å²) in [5.41, 5.74) is 3.84.